The summed E-state index contributed by atoms with van der Waals surface area (Å²) in [6.07, 6.45) is 2.94. The number of nitrogens with one attached hydrogen (secondary N) is 2. The molecule has 1 heterocycles. The topological polar surface area (TPSA) is 97.6 Å². The first kappa shape index (κ1) is 25.5. The highest BCUT2D eigenvalue weighted by Crippen LogP contribution is 2.24. The third-order valence-electron chi connectivity index (χ3n) is 5.21. The van der Waals surface area contributed by atoms with Crippen molar-refractivity contribution in [2.45, 2.75) is 4.90 Å². The van der Waals surface area contributed by atoms with E-state index in [9.17, 15) is 14.4 Å². The highest BCUT2D eigenvalue weighted by atomic mass is 32.2. The van der Waals surface area contributed by atoms with Gasteiger partial charge in [-0.05, 0) is 54.6 Å². The predicted octanol–water partition coefficient (Wildman–Crippen LogP) is 5.67. The van der Waals surface area contributed by atoms with Crippen molar-refractivity contribution in [2.75, 3.05) is 18.2 Å². The van der Waals surface area contributed by atoms with Gasteiger partial charge >= 0.3 is 0 Å². The third kappa shape index (κ3) is 7.22. The molecule has 0 saturated heterocycles. The Morgan fingerprint density at radius 3 is 2.43 bits per heavy atom. The zero-order valence-corrected chi connectivity index (χ0v) is 20.8. The van der Waals surface area contributed by atoms with E-state index in [4.69, 9.17) is 9.15 Å². The highest BCUT2D eigenvalue weighted by molar-refractivity contribution is 8.00. The van der Waals surface area contributed by atoms with E-state index in [-0.39, 0.29) is 17.2 Å². The number of ether oxygens (including phenoxy) is 1. The molecule has 4 rings (SSSR count). The van der Waals surface area contributed by atoms with Crippen molar-refractivity contribution in [3.8, 4) is 5.75 Å². The van der Waals surface area contributed by atoms with E-state index in [0.29, 0.717) is 28.3 Å². The van der Waals surface area contributed by atoms with E-state index >= 15 is 0 Å². The molecule has 186 valence electrons. The number of hydrogen-bond donors (Lipinski definition) is 2. The number of carbonyl (C=O) groups excluding carboxylic acids is 3. The number of thioether (sulfide) groups is 1. The van der Waals surface area contributed by atoms with E-state index in [1.807, 2.05) is 6.07 Å². The number of carbonyl (C=O) groups is 3. The molecule has 0 radical (unpaired) electrons. The Balaban J connectivity index is 1.44. The van der Waals surface area contributed by atoms with Gasteiger partial charge < -0.3 is 19.8 Å². The summed E-state index contributed by atoms with van der Waals surface area (Å²) in [5.41, 5.74) is 1.52. The zero-order chi connectivity index (χ0) is 26.0. The van der Waals surface area contributed by atoms with Crippen molar-refractivity contribution in [3.63, 3.8) is 0 Å². The van der Waals surface area contributed by atoms with Crippen LogP contribution in [0, 0.1) is 0 Å². The van der Waals surface area contributed by atoms with Crippen molar-refractivity contribution >= 4 is 41.1 Å². The molecule has 3 aromatic carbocycles. The lowest BCUT2D eigenvalue weighted by atomic mass is 10.1. The van der Waals surface area contributed by atoms with Gasteiger partial charge in [-0.1, -0.05) is 36.4 Å². The van der Waals surface area contributed by atoms with Crippen LogP contribution in [0.1, 0.15) is 26.5 Å². The molecule has 8 heteroatoms. The van der Waals surface area contributed by atoms with Gasteiger partial charge in [0.05, 0.1) is 19.1 Å². The standard InChI is InChI=1S/C29H24N2O5S/c1-35-23-12-5-10-21(16-23)27(32)19-37-25-14-6-11-22(17-25)30-29(34)26(18-24-13-7-15-36-24)31-28(33)20-8-3-2-4-9-20/h2-18H,19H2,1H3,(H,30,34)(H,31,33)/b26-18-. The number of methoxy groups -OCH3 is 1. The number of furan rings is 1. The Hall–Kier alpha value is -4.56. The summed E-state index contributed by atoms with van der Waals surface area (Å²) in [6, 6.07) is 26.1. The normalized spacial score (nSPS) is 11.0. The van der Waals surface area contributed by atoms with Gasteiger partial charge in [0.15, 0.2) is 5.78 Å². The molecule has 7 nitrogen and oxygen atoms in total. The Bertz CT molecular complexity index is 1420. The molecule has 1 aromatic heterocycles. The molecule has 0 fully saturated rings. The van der Waals surface area contributed by atoms with E-state index in [1.165, 1.54) is 24.1 Å². The molecule has 0 aliphatic rings. The lowest BCUT2D eigenvalue weighted by molar-refractivity contribution is -0.113. The summed E-state index contributed by atoms with van der Waals surface area (Å²) in [5, 5.41) is 5.47. The highest BCUT2D eigenvalue weighted by Gasteiger charge is 2.16. The SMILES string of the molecule is COc1cccc(C(=O)CSc2cccc(NC(=O)/C(=C/c3ccco3)NC(=O)c3ccccc3)c2)c1. The average molecular weight is 513 g/mol. The van der Waals surface area contributed by atoms with Gasteiger partial charge in [-0.25, -0.2) is 0 Å². The summed E-state index contributed by atoms with van der Waals surface area (Å²) >= 11 is 1.36. The minimum absolute atomic E-state index is 0.0232. The molecule has 0 spiro atoms. The van der Waals surface area contributed by atoms with Gasteiger partial charge in [0.25, 0.3) is 11.8 Å². The molecule has 2 N–H and O–H groups in total. The van der Waals surface area contributed by atoms with E-state index in [2.05, 4.69) is 10.6 Å². The maximum atomic E-state index is 13.1. The molecule has 0 aliphatic heterocycles. The fourth-order valence-corrected chi connectivity index (χ4v) is 4.20. The molecule has 37 heavy (non-hydrogen) atoms. The van der Waals surface area contributed by atoms with Gasteiger partial charge in [-0.15, -0.1) is 11.8 Å². The van der Waals surface area contributed by atoms with Gasteiger partial charge in [-0.2, -0.15) is 0 Å². The molecular weight excluding hydrogens is 488 g/mol. The molecular formula is C29H24N2O5S. The Labute approximate surface area is 218 Å². The molecule has 2 amide bonds. The first-order valence-electron chi connectivity index (χ1n) is 11.3. The van der Waals surface area contributed by atoms with Crippen LogP contribution in [-0.4, -0.2) is 30.5 Å². The molecule has 0 unspecified atom stereocenters. The Morgan fingerprint density at radius 1 is 0.892 bits per heavy atom. The number of rotatable bonds is 10. The van der Waals surface area contributed by atoms with Crippen LogP contribution in [0.2, 0.25) is 0 Å². The van der Waals surface area contributed by atoms with Crippen LogP contribution in [0.4, 0.5) is 5.69 Å². The number of ketones is 1. The summed E-state index contributed by atoms with van der Waals surface area (Å²) in [5.74, 6) is 0.286. The molecule has 0 atom stereocenters. The molecule has 0 saturated carbocycles. The van der Waals surface area contributed by atoms with Crippen LogP contribution in [0.5, 0.6) is 5.75 Å². The predicted molar refractivity (Wildman–Crippen MR) is 144 cm³/mol. The van der Waals surface area contributed by atoms with E-state index in [0.717, 1.165) is 4.90 Å². The Kier molecular flexibility index (Phi) is 8.57. The van der Waals surface area contributed by atoms with Gasteiger partial charge in [0, 0.05) is 27.8 Å². The summed E-state index contributed by atoms with van der Waals surface area (Å²) in [4.78, 5) is 39.2. The van der Waals surface area contributed by atoms with Crippen LogP contribution in [0.15, 0.2) is 112 Å². The molecule has 0 aliphatic carbocycles. The second kappa shape index (κ2) is 12.4. The maximum absolute atomic E-state index is 13.1. The number of anilines is 1. The minimum atomic E-state index is -0.518. The van der Waals surface area contributed by atoms with Crippen molar-refractivity contribution in [1.29, 1.82) is 0 Å². The van der Waals surface area contributed by atoms with E-state index < -0.39 is 11.8 Å². The number of amides is 2. The van der Waals surface area contributed by atoms with Crippen LogP contribution in [-0.2, 0) is 4.79 Å². The van der Waals surface area contributed by atoms with E-state index in [1.54, 1.807) is 92.0 Å². The second-order valence-corrected chi connectivity index (χ2v) is 8.87. The van der Waals surface area contributed by atoms with Crippen LogP contribution in [0.3, 0.4) is 0 Å². The maximum Gasteiger partial charge on any atom is 0.272 e. The lowest BCUT2D eigenvalue weighted by Crippen LogP contribution is -2.30. The van der Waals surface area contributed by atoms with Gasteiger partial charge in [0.2, 0.25) is 0 Å². The smallest absolute Gasteiger partial charge is 0.272 e. The van der Waals surface area contributed by atoms with Crippen molar-refractivity contribution < 1.29 is 23.5 Å². The second-order valence-electron chi connectivity index (χ2n) is 7.82. The van der Waals surface area contributed by atoms with Gasteiger partial charge in [0.1, 0.15) is 17.2 Å². The first-order chi connectivity index (χ1) is 18.0. The van der Waals surface area contributed by atoms with Crippen molar-refractivity contribution in [1.82, 2.24) is 5.32 Å². The minimum Gasteiger partial charge on any atom is -0.497 e. The Morgan fingerprint density at radius 2 is 1.68 bits per heavy atom. The number of hydrogen-bond acceptors (Lipinski definition) is 6. The number of benzene rings is 3. The largest absolute Gasteiger partial charge is 0.497 e. The van der Waals surface area contributed by atoms with Crippen molar-refractivity contribution in [3.05, 3.63) is 120 Å². The summed E-state index contributed by atoms with van der Waals surface area (Å²) in [6.45, 7) is 0. The van der Waals surface area contributed by atoms with Crippen molar-refractivity contribution in [2.24, 2.45) is 0 Å². The van der Waals surface area contributed by atoms with Crippen LogP contribution >= 0.6 is 11.8 Å². The first-order valence-corrected chi connectivity index (χ1v) is 12.3. The van der Waals surface area contributed by atoms with Crippen LogP contribution < -0.4 is 15.4 Å². The third-order valence-corrected chi connectivity index (χ3v) is 6.21. The fourth-order valence-electron chi connectivity index (χ4n) is 3.35. The van der Waals surface area contributed by atoms with Gasteiger partial charge in [-0.3, -0.25) is 14.4 Å². The van der Waals surface area contributed by atoms with Crippen LogP contribution in [0.25, 0.3) is 6.08 Å². The monoisotopic (exact) mass is 512 g/mol. The lowest BCUT2D eigenvalue weighted by Gasteiger charge is -2.12. The number of Topliss-reactive ketones (excluding diaryl/α,β-unsaturated/α-hetero) is 1. The molecule has 0 bridgehead atoms. The quantitative estimate of drug-likeness (QED) is 0.161. The zero-order valence-electron chi connectivity index (χ0n) is 20.0. The molecule has 4 aromatic rings. The fraction of sp³-hybridized carbons (Fsp3) is 0.0690. The average Bonchev–Trinajstić information content (AvgIpc) is 3.45. The summed E-state index contributed by atoms with van der Waals surface area (Å²) in [7, 11) is 1.56. The summed E-state index contributed by atoms with van der Waals surface area (Å²) < 4.78 is 10.5.